The largest absolute Gasteiger partial charge is 0.466 e. The number of para-hydroxylation sites is 1. The van der Waals surface area contributed by atoms with Gasteiger partial charge in [0.05, 0.1) is 23.6 Å². The summed E-state index contributed by atoms with van der Waals surface area (Å²) in [6.07, 6.45) is 2.18. The molecule has 32 heavy (non-hydrogen) atoms. The summed E-state index contributed by atoms with van der Waals surface area (Å²) >= 11 is 0. The maximum absolute atomic E-state index is 13.2. The van der Waals surface area contributed by atoms with Gasteiger partial charge in [-0.2, -0.15) is 0 Å². The predicted molar refractivity (Wildman–Crippen MR) is 118 cm³/mol. The SMILES string of the molecule is CCOC(=O)C1CCCN(C(=O)COC(=O)c2c3c(nc4ccccc24)CCN(C)C3)C1. The van der Waals surface area contributed by atoms with Crippen LogP contribution in [0.5, 0.6) is 0 Å². The molecule has 0 saturated carbocycles. The fraction of sp³-hybridized carbons (Fsp3) is 0.500. The van der Waals surface area contributed by atoms with E-state index in [0.29, 0.717) is 38.2 Å². The number of rotatable bonds is 5. The first kappa shape index (κ1) is 22.2. The van der Waals surface area contributed by atoms with Crippen molar-refractivity contribution in [2.24, 2.45) is 5.92 Å². The fourth-order valence-electron chi connectivity index (χ4n) is 4.51. The highest BCUT2D eigenvalue weighted by Gasteiger charge is 2.30. The summed E-state index contributed by atoms with van der Waals surface area (Å²) in [4.78, 5) is 46.4. The molecule has 2 aromatic rings. The van der Waals surface area contributed by atoms with Gasteiger partial charge in [0, 0.05) is 49.2 Å². The molecule has 0 aliphatic carbocycles. The van der Waals surface area contributed by atoms with Gasteiger partial charge in [-0.25, -0.2) is 4.79 Å². The second-order valence-corrected chi connectivity index (χ2v) is 8.42. The molecular weight excluding hydrogens is 410 g/mol. The van der Waals surface area contributed by atoms with Crippen molar-refractivity contribution in [2.75, 3.05) is 39.9 Å². The standard InChI is InChI=1S/C24H29N3O5/c1-3-31-23(29)16-7-6-11-27(13-16)21(28)15-32-24(30)22-17-8-4-5-9-19(17)25-20-10-12-26(2)14-18(20)22/h4-5,8-9,16H,3,6-7,10-15H2,1-2H3. The highest BCUT2D eigenvalue weighted by Crippen LogP contribution is 2.28. The first-order valence-electron chi connectivity index (χ1n) is 11.2. The van der Waals surface area contributed by atoms with Crippen LogP contribution in [0.25, 0.3) is 10.9 Å². The van der Waals surface area contributed by atoms with Gasteiger partial charge >= 0.3 is 11.9 Å². The normalized spacial score (nSPS) is 18.8. The Bertz CT molecular complexity index is 1040. The Morgan fingerprint density at radius 2 is 1.97 bits per heavy atom. The molecule has 2 aliphatic rings. The molecular formula is C24H29N3O5. The highest BCUT2D eigenvalue weighted by atomic mass is 16.5. The van der Waals surface area contributed by atoms with E-state index in [2.05, 4.69) is 4.90 Å². The van der Waals surface area contributed by atoms with Crippen molar-refractivity contribution in [3.8, 4) is 0 Å². The fourth-order valence-corrected chi connectivity index (χ4v) is 4.51. The maximum atomic E-state index is 13.2. The average molecular weight is 440 g/mol. The summed E-state index contributed by atoms with van der Waals surface area (Å²) in [6.45, 7) is 4.07. The summed E-state index contributed by atoms with van der Waals surface area (Å²) < 4.78 is 10.6. The van der Waals surface area contributed by atoms with Crippen molar-refractivity contribution in [3.63, 3.8) is 0 Å². The number of benzene rings is 1. The lowest BCUT2D eigenvalue weighted by Crippen LogP contribution is -2.44. The molecule has 1 amide bonds. The third-order valence-corrected chi connectivity index (χ3v) is 6.16. The lowest BCUT2D eigenvalue weighted by molar-refractivity contribution is -0.151. The zero-order chi connectivity index (χ0) is 22.7. The Balaban J connectivity index is 1.49. The number of nitrogens with zero attached hydrogens (tertiary/aromatic N) is 3. The van der Waals surface area contributed by atoms with Crippen LogP contribution >= 0.6 is 0 Å². The van der Waals surface area contributed by atoms with Gasteiger partial charge < -0.3 is 19.3 Å². The minimum atomic E-state index is -0.512. The number of hydrogen-bond donors (Lipinski definition) is 0. The number of carbonyl (C=O) groups is 3. The Morgan fingerprint density at radius 1 is 1.16 bits per heavy atom. The van der Waals surface area contributed by atoms with Crippen LogP contribution in [0.15, 0.2) is 24.3 Å². The van der Waals surface area contributed by atoms with Gasteiger partial charge in [-0.1, -0.05) is 18.2 Å². The van der Waals surface area contributed by atoms with Crippen molar-refractivity contribution in [1.29, 1.82) is 0 Å². The van der Waals surface area contributed by atoms with Crippen molar-refractivity contribution in [3.05, 3.63) is 41.1 Å². The van der Waals surface area contributed by atoms with Gasteiger partial charge in [0.15, 0.2) is 6.61 Å². The Kier molecular flexibility index (Phi) is 6.69. The van der Waals surface area contributed by atoms with Crippen LogP contribution in [0.1, 0.15) is 41.4 Å². The minimum absolute atomic E-state index is 0.277. The molecule has 1 atom stereocenters. The second-order valence-electron chi connectivity index (χ2n) is 8.42. The van der Waals surface area contributed by atoms with Gasteiger partial charge in [0.25, 0.3) is 5.91 Å². The predicted octanol–water partition coefficient (Wildman–Crippen LogP) is 2.18. The topological polar surface area (TPSA) is 89.0 Å². The maximum Gasteiger partial charge on any atom is 0.339 e. The smallest absolute Gasteiger partial charge is 0.339 e. The first-order valence-corrected chi connectivity index (χ1v) is 11.2. The number of likely N-dealkylation sites (tertiary alicyclic amines) is 1. The lowest BCUT2D eigenvalue weighted by Gasteiger charge is -2.31. The molecule has 4 rings (SSSR count). The molecule has 0 spiro atoms. The van der Waals surface area contributed by atoms with Crippen LogP contribution in [0, 0.1) is 5.92 Å². The Labute approximate surface area is 187 Å². The van der Waals surface area contributed by atoms with E-state index in [1.54, 1.807) is 11.8 Å². The van der Waals surface area contributed by atoms with Gasteiger partial charge in [0.2, 0.25) is 0 Å². The molecule has 3 heterocycles. The van der Waals surface area contributed by atoms with Crippen LogP contribution in [0.3, 0.4) is 0 Å². The van der Waals surface area contributed by atoms with Crippen LogP contribution in [-0.4, -0.2) is 72.5 Å². The zero-order valence-electron chi connectivity index (χ0n) is 18.6. The van der Waals surface area contributed by atoms with E-state index in [1.165, 1.54) is 0 Å². The number of pyridine rings is 1. The summed E-state index contributed by atoms with van der Waals surface area (Å²) in [7, 11) is 2.01. The molecule has 1 aromatic heterocycles. The average Bonchev–Trinajstić information content (AvgIpc) is 2.81. The van der Waals surface area contributed by atoms with Crippen LogP contribution in [0.4, 0.5) is 0 Å². The van der Waals surface area contributed by atoms with Crippen LogP contribution in [0.2, 0.25) is 0 Å². The summed E-state index contributed by atoms with van der Waals surface area (Å²) in [5.74, 6) is -1.41. The number of aromatic nitrogens is 1. The third kappa shape index (κ3) is 4.60. The molecule has 2 aliphatic heterocycles. The number of likely N-dealkylation sites (N-methyl/N-ethyl adjacent to an activating group) is 1. The van der Waals surface area contributed by atoms with Gasteiger partial charge in [-0.3, -0.25) is 14.6 Å². The van der Waals surface area contributed by atoms with E-state index in [0.717, 1.165) is 41.5 Å². The van der Waals surface area contributed by atoms with Crippen molar-refractivity contribution >= 4 is 28.7 Å². The molecule has 1 unspecified atom stereocenters. The summed E-state index contributed by atoms with van der Waals surface area (Å²) in [5, 5.41) is 0.736. The van der Waals surface area contributed by atoms with Crippen molar-refractivity contribution in [2.45, 2.75) is 32.7 Å². The molecule has 0 bridgehead atoms. The number of piperidine rings is 1. The van der Waals surface area contributed by atoms with E-state index in [1.807, 2.05) is 31.3 Å². The van der Waals surface area contributed by atoms with E-state index < -0.39 is 5.97 Å². The van der Waals surface area contributed by atoms with Crippen molar-refractivity contribution < 1.29 is 23.9 Å². The lowest BCUT2D eigenvalue weighted by atomic mass is 9.96. The molecule has 1 aromatic carbocycles. The van der Waals surface area contributed by atoms with Crippen LogP contribution < -0.4 is 0 Å². The van der Waals surface area contributed by atoms with E-state index >= 15 is 0 Å². The number of hydrogen-bond acceptors (Lipinski definition) is 7. The second kappa shape index (κ2) is 9.65. The molecule has 1 fully saturated rings. The third-order valence-electron chi connectivity index (χ3n) is 6.16. The Hall–Kier alpha value is -3.00. The number of fused-ring (bicyclic) bond motifs is 2. The van der Waals surface area contributed by atoms with Crippen molar-refractivity contribution in [1.82, 2.24) is 14.8 Å². The van der Waals surface area contributed by atoms with Gasteiger partial charge in [-0.05, 0) is 32.9 Å². The molecule has 8 heteroatoms. The number of carbonyl (C=O) groups excluding carboxylic acids is 3. The number of esters is 2. The van der Waals surface area contributed by atoms with Gasteiger partial charge in [-0.15, -0.1) is 0 Å². The van der Waals surface area contributed by atoms with Gasteiger partial charge in [0.1, 0.15) is 0 Å². The molecule has 0 N–H and O–H groups in total. The summed E-state index contributed by atoms with van der Waals surface area (Å²) in [5.41, 5.74) is 3.03. The Morgan fingerprint density at radius 3 is 2.78 bits per heavy atom. The zero-order valence-corrected chi connectivity index (χ0v) is 18.6. The van der Waals surface area contributed by atoms with E-state index in [-0.39, 0.29) is 24.4 Å². The van der Waals surface area contributed by atoms with E-state index in [9.17, 15) is 14.4 Å². The minimum Gasteiger partial charge on any atom is -0.466 e. The van der Waals surface area contributed by atoms with E-state index in [4.69, 9.17) is 14.5 Å². The molecule has 8 nitrogen and oxygen atoms in total. The number of ether oxygens (including phenoxy) is 2. The number of amides is 1. The first-order chi connectivity index (χ1) is 15.5. The quantitative estimate of drug-likeness (QED) is 0.660. The molecule has 170 valence electrons. The monoisotopic (exact) mass is 439 g/mol. The van der Waals surface area contributed by atoms with Crippen LogP contribution in [-0.2, 0) is 32.0 Å². The summed E-state index contributed by atoms with van der Waals surface area (Å²) in [6, 6.07) is 7.52. The highest BCUT2D eigenvalue weighted by molar-refractivity contribution is 6.05. The molecule has 1 saturated heterocycles. The molecule has 0 radical (unpaired) electrons.